The van der Waals surface area contributed by atoms with Gasteiger partial charge in [-0.15, -0.1) is 0 Å². The highest BCUT2D eigenvalue weighted by atomic mass is 19.1. The van der Waals surface area contributed by atoms with E-state index < -0.39 is 5.54 Å². The summed E-state index contributed by atoms with van der Waals surface area (Å²) >= 11 is 0. The first kappa shape index (κ1) is 16.4. The molecule has 2 fully saturated rings. The molecule has 126 valence electrons. The number of nitrogens with two attached hydrogens (primary N) is 1. The van der Waals surface area contributed by atoms with Crippen molar-refractivity contribution in [3.05, 3.63) is 35.6 Å². The number of hydrogen-bond acceptors (Lipinski definition) is 3. The summed E-state index contributed by atoms with van der Waals surface area (Å²) in [5, 5.41) is 3.04. The summed E-state index contributed by atoms with van der Waals surface area (Å²) in [5.74, 6) is 0.286. The molecule has 1 heterocycles. The Morgan fingerprint density at radius 2 is 2.09 bits per heavy atom. The zero-order valence-corrected chi connectivity index (χ0v) is 13.6. The first-order chi connectivity index (χ1) is 11.1. The van der Waals surface area contributed by atoms with Crippen LogP contribution in [0.1, 0.15) is 37.7 Å². The van der Waals surface area contributed by atoms with Gasteiger partial charge in [0.15, 0.2) is 0 Å². The fourth-order valence-corrected chi connectivity index (χ4v) is 3.74. The summed E-state index contributed by atoms with van der Waals surface area (Å²) < 4.78 is 13.7. The Bertz CT molecular complexity index is 557. The molecule has 1 aromatic rings. The summed E-state index contributed by atoms with van der Waals surface area (Å²) in [4.78, 5) is 14.5. The first-order valence-electron chi connectivity index (χ1n) is 8.60. The van der Waals surface area contributed by atoms with Crippen molar-refractivity contribution in [2.75, 3.05) is 19.6 Å². The Hall–Kier alpha value is -1.46. The largest absolute Gasteiger partial charge is 0.354 e. The molecular formula is C18H26FN3O. The Morgan fingerprint density at radius 3 is 2.83 bits per heavy atom. The van der Waals surface area contributed by atoms with Crippen LogP contribution >= 0.6 is 0 Å². The standard InChI is InChI=1S/C18H26FN3O/c19-16-6-2-1-5-15(16)13-22-10-7-14(12-22)11-21-17(23)18(20)8-3-4-9-18/h1-2,5-6,14H,3-4,7-13,20H2,(H,21,23). The molecule has 1 aliphatic carbocycles. The zero-order chi connectivity index (χ0) is 16.3. The second kappa shape index (κ2) is 6.97. The van der Waals surface area contributed by atoms with Crippen molar-refractivity contribution < 1.29 is 9.18 Å². The molecule has 1 amide bonds. The minimum absolute atomic E-state index is 0.00236. The number of nitrogens with one attached hydrogen (secondary N) is 1. The minimum Gasteiger partial charge on any atom is -0.354 e. The van der Waals surface area contributed by atoms with Gasteiger partial charge in [-0.05, 0) is 37.8 Å². The van der Waals surface area contributed by atoms with Crippen molar-refractivity contribution in [2.24, 2.45) is 11.7 Å². The predicted octanol–water partition coefficient (Wildman–Crippen LogP) is 2.04. The van der Waals surface area contributed by atoms with Crippen molar-refractivity contribution >= 4 is 5.91 Å². The van der Waals surface area contributed by atoms with E-state index in [-0.39, 0.29) is 11.7 Å². The molecular weight excluding hydrogens is 293 g/mol. The molecule has 5 heteroatoms. The molecule has 23 heavy (non-hydrogen) atoms. The van der Waals surface area contributed by atoms with Crippen LogP contribution in [0, 0.1) is 11.7 Å². The summed E-state index contributed by atoms with van der Waals surface area (Å²) in [6.45, 7) is 3.15. The SMILES string of the molecule is NC1(C(=O)NCC2CCN(Cc3ccccc3F)C2)CCCC1. The quantitative estimate of drug-likeness (QED) is 0.873. The first-order valence-corrected chi connectivity index (χ1v) is 8.60. The summed E-state index contributed by atoms with van der Waals surface area (Å²) in [5.41, 5.74) is 6.26. The van der Waals surface area contributed by atoms with Crippen molar-refractivity contribution in [2.45, 2.75) is 44.2 Å². The number of likely N-dealkylation sites (tertiary alicyclic amines) is 1. The summed E-state index contributed by atoms with van der Waals surface area (Å²) in [6.07, 6.45) is 4.71. The summed E-state index contributed by atoms with van der Waals surface area (Å²) in [7, 11) is 0. The molecule has 2 aliphatic rings. The zero-order valence-electron chi connectivity index (χ0n) is 13.6. The number of nitrogens with zero attached hydrogens (tertiary/aromatic N) is 1. The number of carbonyl (C=O) groups is 1. The van der Waals surface area contributed by atoms with Gasteiger partial charge in [-0.25, -0.2) is 4.39 Å². The maximum Gasteiger partial charge on any atom is 0.240 e. The monoisotopic (exact) mass is 319 g/mol. The minimum atomic E-state index is -0.647. The highest BCUT2D eigenvalue weighted by Crippen LogP contribution is 2.27. The normalized spacial score (nSPS) is 24.0. The van der Waals surface area contributed by atoms with Gasteiger partial charge >= 0.3 is 0 Å². The van der Waals surface area contributed by atoms with Crippen LogP contribution in [0.2, 0.25) is 0 Å². The van der Waals surface area contributed by atoms with E-state index in [9.17, 15) is 9.18 Å². The van der Waals surface area contributed by atoms with Gasteiger partial charge in [0.1, 0.15) is 5.82 Å². The van der Waals surface area contributed by atoms with E-state index in [2.05, 4.69) is 10.2 Å². The molecule has 4 nitrogen and oxygen atoms in total. The van der Waals surface area contributed by atoms with E-state index in [1.165, 1.54) is 6.07 Å². The van der Waals surface area contributed by atoms with Crippen molar-refractivity contribution in [1.29, 1.82) is 0 Å². The highest BCUT2D eigenvalue weighted by molar-refractivity contribution is 5.86. The predicted molar refractivity (Wildman–Crippen MR) is 88.2 cm³/mol. The van der Waals surface area contributed by atoms with Crippen LogP contribution < -0.4 is 11.1 Å². The third-order valence-corrected chi connectivity index (χ3v) is 5.22. The molecule has 1 saturated carbocycles. The van der Waals surface area contributed by atoms with Gasteiger partial charge in [-0.1, -0.05) is 31.0 Å². The lowest BCUT2D eigenvalue weighted by atomic mass is 9.97. The van der Waals surface area contributed by atoms with Gasteiger partial charge in [0.25, 0.3) is 0 Å². The fourth-order valence-electron chi connectivity index (χ4n) is 3.74. The maximum atomic E-state index is 13.7. The molecule has 0 aromatic heterocycles. The number of amides is 1. The van der Waals surface area contributed by atoms with E-state index in [1.54, 1.807) is 6.07 Å². The maximum absolute atomic E-state index is 13.7. The average molecular weight is 319 g/mol. The van der Waals surface area contributed by atoms with E-state index in [4.69, 9.17) is 5.73 Å². The lowest BCUT2D eigenvalue weighted by Gasteiger charge is -2.23. The van der Waals surface area contributed by atoms with Crippen LogP contribution in [0.4, 0.5) is 4.39 Å². The van der Waals surface area contributed by atoms with Gasteiger partial charge in [0, 0.05) is 25.2 Å². The van der Waals surface area contributed by atoms with Crippen molar-refractivity contribution in [3.63, 3.8) is 0 Å². The number of rotatable bonds is 5. The van der Waals surface area contributed by atoms with E-state index in [0.29, 0.717) is 19.0 Å². The fraction of sp³-hybridized carbons (Fsp3) is 0.611. The molecule has 0 bridgehead atoms. The summed E-state index contributed by atoms with van der Waals surface area (Å²) in [6, 6.07) is 6.93. The Kier molecular flexibility index (Phi) is 4.97. The number of hydrogen-bond donors (Lipinski definition) is 2. The van der Waals surface area contributed by atoms with E-state index in [1.807, 2.05) is 12.1 Å². The number of carbonyl (C=O) groups excluding carboxylic acids is 1. The van der Waals surface area contributed by atoms with Gasteiger partial charge in [0.2, 0.25) is 5.91 Å². The average Bonchev–Trinajstić information content (AvgIpc) is 3.17. The van der Waals surface area contributed by atoms with Crippen LogP contribution in [0.25, 0.3) is 0 Å². The van der Waals surface area contributed by atoms with Crippen LogP contribution in [0.15, 0.2) is 24.3 Å². The molecule has 1 unspecified atom stereocenters. The van der Waals surface area contributed by atoms with Crippen molar-refractivity contribution in [1.82, 2.24) is 10.2 Å². The molecule has 1 saturated heterocycles. The van der Waals surface area contributed by atoms with Gasteiger partial charge in [0.05, 0.1) is 5.54 Å². The third kappa shape index (κ3) is 3.90. The molecule has 3 rings (SSSR count). The highest BCUT2D eigenvalue weighted by Gasteiger charge is 2.37. The molecule has 3 N–H and O–H groups in total. The Morgan fingerprint density at radius 1 is 1.35 bits per heavy atom. The molecule has 1 atom stereocenters. The topological polar surface area (TPSA) is 58.4 Å². The lowest BCUT2D eigenvalue weighted by molar-refractivity contribution is -0.126. The lowest BCUT2D eigenvalue weighted by Crippen LogP contribution is -2.52. The Labute approximate surface area is 137 Å². The van der Waals surface area contributed by atoms with Crippen LogP contribution in [-0.2, 0) is 11.3 Å². The molecule has 0 spiro atoms. The van der Waals surface area contributed by atoms with Crippen molar-refractivity contribution in [3.8, 4) is 0 Å². The van der Waals surface area contributed by atoms with Gasteiger partial charge in [-0.3, -0.25) is 9.69 Å². The molecule has 0 radical (unpaired) electrons. The second-order valence-electron chi connectivity index (χ2n) is 7.05. The van der Waals surface area contributed by atoms with Crippen LogP contribution in [0.5, 0.6) is 0 Å². The van der Waals surface area contributed by atoms with Crippen LogP contribution in [0.3, 0.4) is 0 Å². The number of benzene rings is 1. The van der Waals surface area contributed by atoms with E-state index >= 15 is 0 Å². The third-order valence-electron chi connectivity index (χ3n) is 5.22. The number of halogens is 1. The smallest absolute Gasteiger partial charge is 0.240 e. The Balaban J connectivity index is 1.45. The van der Waals surface area contributed by atoms with E-state index in [0.717, 1.165) is 50.8 Å². The second-order valence-corrected chi connectivity index (χ2v) is 7.05. The molecule has 1 aliphatic heterocycles. The van der Waals surface area contributed by atoms with Gasteiger partial charge in [-0.2, -0.15) is 0 Å². The molecule has 1 aromatic carbocycles. The van der Waals surface area contributed by atoms with Crippen LogP contribution in [-0.4, -0.2) is 36.0 Å². The van der Waals surface area contributed by atoms with Gasteiger partial charge < -0.3 is 11.1 Å².